The van der Waals surface area contributed by atoms with Crippen molar-refractivity contribution in [2.75, 3.05) is 44.3 Å². The molecule has 0 atom stereocenters. The molecule has 0 amide bonds. The van der Waals surface area contributed by atoms with Crippen LogP contribution in [0.5, 0.6) is 0 Å². The number of hydrogen-bond acceptors (Lipinski definition) is 5. The Kier molecular flexibility index (Phi) is 4.40. The van der Waals surface area contributed by atoms with Gasteiger partial charge in [0.2, 0.25) is 5.95 Å². The van der Waals surface area contributed by atoms with Gasteiger partial charge in [0, 0.05) is 36.9 Å². The van der Waals surface area contributed by atoms with Gasteiger partial charge in [-0.15, -0.1) is 0 Å². The number of anilines is 1. The van der Waals surface area contributed by atoms with Crippen molar-refractivity contribution in [1.29, 1.82) is 0 Å². The fourth-order valence-electron chi connectivity index (χ4n) is 3.44. The van der Waals surface area contributed by atoms with Gasteiger partial charge in [0.15, 0.2) is 0 Å². The van der Waals surface area contributed by atoms with E-state index >= 15 is 0 Å². The second kappa shape index (κ2) is 6.28. The zero-order valence-electron chi connectivity index (χ0n) is 13.2. The van der Waals surface area contributed by atoms with Crippen molar-refractivity contribution in [1.82, 2.24) is 14.9 Å². The highest BCUT2D eigenvalue weighted by molar-refractivity contribution is 5.29. The number of likely N-dealkylation sites (tertiary alicyclic amines) is 1. The first-order chi connectivity index (χ1) is 10.2. The van der Waals surface area contributed by atoms with Crippen molar-refractivity contribution in [3.63, 3.8) is 0 Å². The highest BCUT2D eigenvalue weighted by Gasteiger charge is 2.39. The summed E-state index contributed by atoms with van der Waals surface area (Å²) >= 11 is 0. The SMILES string of the molecule is CC(C)N1CCC2(CC1)COCCN(c1ncccn1)C2. The predicted molar refractivity (Wildman–Crippen MR) is 83.4 cm³/mol. The Hall–Kier alpha value is -1.20. The van der Waals surface area contributed by atoms with E-state index in [2.05, 4.69) is 33.6 Å². The molecule has 1 aromatic rings. The summed E-state index contributed by atoms with van der Waals surface area (Å²) in [7, 11) is 0. The van der Waals surface area contributed by atoms with Crippen molar-refractivity contribution < 1.29 is 4.74 Å². The van der Waals surface area contributed by atoms with E-state index in [1.165, 1.54) is 25.9 Å². The summed E-state index contributed by atoms with van der Waals surface area (Å²) in [6.07, 6.45) is 6.05. The van der Waals surface area contributed by atoms with E-state index in [-0.39, 0.29) is 5.41 Å². The van der Waals surface area contributed by atoms with Crippen LogP contribution in [0.15, 0.2) is 18.5 Å². The average Bonchev–Trinajstić information content (AvgIpc) is 2.72. The lowest BCUT2D eigenvalue weighted by Crippen LogP contribution is -2.49. The molecule has 0 saturated carbocycles. The largest absolute Gasteiger partial charge is 0.379 e. The third-order valence-corrected chi connectivity index (χ3v) is 4.86. The van der Waals surface area contributed by atoms with Crippen LogP contribution in [-0.4, -0.2) is 60.3 Å². The molecule has 1 spiro atoms. The molecule has 116 valence electrons. The number of aromatic nitrogens is 2. The van der Waals surface area contributed by atoms with Crippen LogP contribution < -0.4 is 4.90 Å². The molecular formula is C16H26N4O. The fraction of sp³-hybridized carbons (Fsp3) is 0.750. The molecule has 0 N–H and O–H groups in total. The molecular weight excluding hydrogens is 264 g/mol. The molecule has 0 aromatic carbocycles. The van der Waals surface area contributed by atoms with Crippen molar-refractivity contribution in [2.24, 2.45) is 5.41 Å². The standard InChI is InChI=1S/C16H26N4O/c1-14(2)19-8-4-16(5-9-19)12-20(10-11-21-13-16)15-17-6-3-7-18-15/h3,6-7,14H,4-5,8-13H2,1-2H3. The summed E-state index contributed by atoms with van der Waals surface area (Å²) in [5, 5.41) is 0. The number of ether oxygens (including phenoxy) is 1. The molecule has 2 saturated heterocycles. The zero-order valence-corrected chi connectivity index (χ0v) is 13.2. The van der Waals surface area contributed by atoms with Crippen LogP contribution >= 0.6 is 0 Å². The number of rotatable bonds is 2. The van der Waals surface area contributed by atoms with E-state index in [9.17, 15) is 0 Å². The van der Waals surface area contributed by atoms with Gasteiger partial charge in [-0.05, 0) is 45.8 Å². The second-order valence-electron chi connectivity index (χ2n) is 6.65. The lowest BCUT2D eigenvalue weighted by atomic mass is 9.78. The summed E-state index contributed by atoms with van der Waals surface area (Å²) < 4.78 is 5.92. The van der Waals surface area contributed by atoms with E-state index < -0.39 is 0 Å². The summed E-state index contributed by atoms with van der Waals surface area (Å²) in [5.41, 5.74) is 0.265. The minimum atomic E-state index is 0.265. The van der Waals surface area contributed by atoms with Crippen molar-refractivity contribution in [3.05, 3.63) is 18.5 Å². The summed E-state index contributed by atoms with van der Waals surface area (Å²) in [6, 6.07) is 2.51. The van der Waals surface area contributed by atoms with Crippen LogP contribution in [0.3, 0.4) is 0 Å². The molecule has 5 nitrogen and oxygen atoms in total. The first kappa shape index (κ1) is 14.7. The maximum Gasteiger partial charge on any atom is 0.225 e. The lowest BCUT2D eigenvalue weighted by molar-refractivity contribution is 0.0146. The number of nitrogens with zero attached hydrogens (tertiary/aromatic N) is 4. The van der Waals surface area contributed by atoms with Gasteiger partial charge in [-0.2, -0.15) is 0 Å². The van der Waals surface area contributed by atoms with Crippen molar-refractivity contribution >= 4 is 5.95 Å². The lowest BCUT2D eigenvalue weighted by Gasteiger charge is -2.43. The molecule has 0 unspecified atom stereocenters. The Labute approximate surface area is 127 Å². The molecule has 2 fully saturated rings. The van der Waals surface area contributed by atoms with Gasteiger partial charge in [-0.25, -0.2) is 9.97 Å². The smallest absolute Gasteiger partial charge is 0.225 e. The van der Waals surface area contributed by atoms with Crippen LogP contribution in [0.25, 0.3) is 0 Å². The van der Waals surface area contributed by atoms with Crippen LogP contribution in [0.2, 0.25) is 0 Å². The van der Waals surface area contributed by atoms with E-state index in [0.717, 1.165) is 32.3 Å². The first-order valence-corrected chi connectivity index (χ1v) is 8.02. The van der Waals surface area contributed by atoms with Crippen LogP contribution in [0.1, 0.15) is 26.7 Å². The maximum atomic E-state index is 5.92. The van der Waals surface area contributed by atoms with Crippen LogP contribution in [0.4, 0.5) is 5.95 Å². The Morgan fingerprint density at radius 2 is 1.86 bits per heavy atom. The molecule has 0 radical (unpaired) electrons. The molecule has 2 aliphatic heterocycles. The predicted octanol–water partition coefficient (Wildman–Crippen LogP) is 1.80. The fourth-order valence-corrected chi connectivity index (χ4v) is 3.44. The zero-order chi connectivity index (χ0) is 14.7. The summed E-state index contributed by atoms with van der Waals surface area (Å²) in [6.45, 7) is 10.5. The molecule has 0 aliphatic carbocycles. The molecule has 3 heterocycles. The van der Waals surface area contributed by atoms with Gasteiger partial charge in [0.25, 0.3) is 0 Å². The average molecular weight is 290 g/mol. The number of hydrogen-bond donors (Lipinski definition) is 0. The van der Waals surface area contributed by atoms with Gasteiger partial charge in [0.05, 0.1) is 13.2 Å². The summed E-state index contributed by atoms with van der Waals surface area (Å²) in [4.78, 5) is 13.7. The van der Waals surface area contributed by atoms with Gasteiger partial charge in [-0.3, -0.25) is 0 Å². The Morgan fingerprint density at radius 1 is 1.14 bits per heavy atom. The third kappa shape index (κ3) is 3.35. The number of piperidine rings is 1. The Bertz CT molecular complexity index is 443. The normalized spacial score (nSPS) is 23.5. The van der Waals surface area contributed by atoms with Gasteiger partial charge >= 0.3 is 0 Å². The van der Waals surface area contributed by atoms with E-state index in [0.29, 0.717) is 6.04 Å². The molecule has 2 aliphatic rings. The molecule has 5 heteroatoms. The molecule has 0 bridgehead atoms. The third-order valence-electron chi connectivity index (χ3n) is 4.86. The maximum absolute atomic E-state index is 5.92. The monoisotopic (exact) mass is 290 g/mol. The van der Waals surface area contributed by atoms with Crippen LogP contribution in [0, 0.1) is 5.41 Å². The highest BCUT2D eigenvalue weighted by atomic mass is 16.5. The quantitative estimate of drug-likeness (QED) is 0.831. The molecule has 1 aromatic heterocycles. The van der Waals surface area contributed by atoms with Gasteiger partial charge in [0.1, 0.15) is 0 Å². The topological polar surface area (TPSA) is 41.5 Å². The molecule has 3 rings (SSSR count). The molecule has 21 heavy (non-hydrogen) atoms. The van der Waals surface area contributed by atoms with Crippen molar-refractivity contribution in [2.45, 2.75) is 32.7 Å². The van der Waals surface area contributed by atoms with Crippen LogP contribution in [-0.2, 0) is 4.74 Å². The summed E-state index contributed by atoms with van der Waals surface area (Å²) in [5.74, 6) is 0.841. The second-order valence-corrected chi connectivity index (χ2v) is 6.65. The van der Waals surface area contributed by atoms with E-state index in [1.54, 1.807) is 0 Å². The van der Waals surface area contributed by atoms with Gasteiger partial charge < -0.3 is 14.5 Å². The Balaban J connectivity index is 1.71. The highest BCUT2D eigenvalue weighted by Crippen LogP contribution is 2.35. The van der Waals surface area contributed by atoms with Crippen molar-refractivity contribution in [3.8, 4) is 0 Å². The minimum absolute atomic E-state index is 0.265. The Morgan fingerprint density at radius 3 is 2.52 bits per heavy atom. The minimum Gasteiger partial charge on any atom is -0.379 e. The van der Waals surface area contributed by atoms with E-state index in [1.807, 2.05) is 18.5 Å². The first-order valence-electron chi connectivity index (χ1n) is 8.02. The van der Waals surface area contributed by atoms with Gasteiger partial charge in [-0.1, -0.05) is 0 Å². The van der Waals surface area contributed by atoms with E-state index in [4.69, 9.17) is 4.74 Å².